The fraction of sp³-hybridized carbons (Fsp3) is 0.286. The number of halogens is 3. The van der Waals surface area contributed by atoms with Crippen LogP contribution in [0.2, 0.25) is 0 Å². The summed E-state index contributed by atoms with van der Waals surface area (Å²) in [4.78, 5) is 11.8. The van der Waals surface area contributed by atoms with E-state index in [1.807, 2.05) is 0 Å². The number of carbonyl (C=O) groups is 1. The number of benzene rings is 1. The number of ether oxygens (including phenoxy) is 1. The van der Waals surface area contributed by atoms with Crippen molar-refractivity contribution in [2.24, 2.45) is 0 Å². The summed E-state index contributed by atoms with van der Waals surface area (Å²) in [6.45, 7) is -0.0680. The number of nitrogens with one attached hydrogen (secondary N) is 1. The average molecular weight is 313 g/mol. The SMILES string of the molecule is COc1ccccc1CNC(=O)Cn1ccc(C(F)(F)F)n1. The topological polar surface area (TPSA) is 56.1 Å². The molecule has 118 valence electrons. The van der Waals surface area contributed by atoms with Gasteiger partial charge in [-0.25, -0.2) is 0 Å². The van der Waals surface area contributed by atoms with Crippen LogP contribution in [0.4, 0.5) is 13.2 Å². The van der Waals surface area contributed by atoms with Gasteiger partial charge in [0.15, 0.2) is 5.69 Å². The van der Waals surface area contributed by atoms with Gasteiger partial charge in [0.2, 0.25) is 5.91 Å². The van der Waals surface area contributed by atoms with E-state index >= 15 is 0 Å². The molecule has 1 aromatic heterocycles. The molecule has 0 spiro atoms. The van der Waals surface area contributed by atoms with E-state index in [4.69, 9.17) is 4.74 Å². The molecule has 0 aliphatic rings. The van der Waals surface area contributed by atoms with Crippen LogP contribution in [0.25, 0.3) is 0 Å². The summed E-state index contributed by atoms with van der Waals surface area (Å²) in [6.07, 6.45) is -3.40. The summed E-state index contributed by atoms with van der Waals surface area (Å²) in [5, 5.41) is 5.93. The van der Waals surface area contributed by atoms with Crippen LogP contribution in [0, 0.1) is 0 Å². The molecule has 0 saturated carbocycles. The molecular weight excluding hydrogens is 299 g/mol. The maximum Gasteiger partial charge on any atom is 0.435 e. The second-order valence-electron chi connectivity index (χ2n) is 4.48. The quantitative estimate of drug-likeness (QED) is 0.921. The van der Waals surface area contributed by atoms with Gasteiger partial charge in [0, 0.05) is 18.3 Å². The van der Waals surface area contributed by atoms with Gasteiger partial charge >= 0.3 is 6.18 Å². The third-order valence-corrected chi connectivity index (χ3v) is 2.91. The number of hydrogen-bond acceptors (Lipinski definition) is 3. The molecule has 2 aromatic rings. The molecule has 22 heavy (non-hydrogen) atoms. The number of rotatable bonds is 5. The zero-order chi connectivity index (χ0) is 16.2. The molecule has 2 rings (SSSR count). The summed E-state index contributed by atoms with van der Waals surface area (Å²) < 4.78 is 43.3. The van der Waals surface area contributed by atoms with Gasteiger partial charge in [-0.3, -0.25) is 9.48 Å². The fourth-order valence-electron chi connectivity index (χ4n) is 1.85. The van der Waals surface area contributed by atoms with Crippen LogP contribution in [-0.4, -0.2) is 22.8 Å². The molecular formula is C14H14F3N3O2. The second-order valence-corrected chi connectivity index (χ2v) is 4.48. The van der Waals surface area contributed by atoms with E-state index in [0.29, 0.717) is 5.75 Å². The molecule has 0 aliphatic carbocycles. The van der Waals surface area contributed by atoms with Crippen LogP contribution in [0.15, 0.2) is 36.5 Å². The minimum absolute atomic E-state index is 0.218. The summed E-state index contributed by atoms with van der Waals surface area (Å²) in [5.41, 5.74) is -0.250. The van der Waals surface area contributed by atoms with Crippen LogP contribution < -0.4 is 10.1 Å². The normalized spacial score (nSPS) is 11.3. The second kappa shape index (κ2) is 6.50. The first kappa shape index (κ1) is 15.9. The highest BCUT2D eigenvalue weighted by atomic mass is 19.4. The Kier molecular flexibility index (Phi) is 4.69. The van der Waals surface area contributed by atoms with Gasteiger partial charge in [-0.15, -0.1) is 0 Å². The average Bonchev–Trinajstić information content (AvgIpc) is 2.94. The van der Waals surface area contributed by atoms with Crippen molar-refractivity contribution >= 4 is 5.91 Å². The van der Waals surface area contributed by atoms with Crippen molar-refractivity contribution in [2.45, 2.75) is 19.3 Å². The van der Waals surface area contributed by atoms with Crippen LogP contribution in [0.5, 0.6) is 5.75 Å². The van der Waals surface area contributed by atoms with Gasteiger partial charge < -0.3 is 10.1 Å². The van der Waals surface area contributed by atoms with Crippen LogP contribution >= 0.6 is 0 Å². The molecule has 0 unspecified atom stereocenters. The van der Waals surface area contributed by atoms with E-state index in [2.05, 4.69) is 10.4 Å². The predicted molar refractivity (Wildman–Crippen MR) is 72.1 cm³/mol. The highest BCUT2D eigenvalue weighted by Crippen LogP contribution is 2.27. The lowest BCUT2D eigenvalue weighted by molar-refractivity contribution is -0.141. The molecule has 0 aliphatic heterocycles. The largest absolute Gasteiger partial charge is 0.496 e. The molecule has 0 bridgehead atoms. The van der Waals surface area contributed by atoms with E-state index in [-0.39, 0.29) is 13.1 Å². The lowest BCUT2D eigenvalue weighted by Crippen LogP contribution is -2.27. The van der Waals surface area contributed by atoms with Crippen molar-refractivity contribution in [3.63, 3.8) is 0 Å². The minimum Gasteiger partial charge on any atom is -0.496 e. The van der Waals surface area contributed by atoms with E-state index in [9.17, 15) is 18.0 Å². The number of nitrogens with zero attached hydrogens (tertiary/aromatic N) is 2. The van der Waals surface area contributed by atoms with Gasteiger partial charge in [0.1, 0.15) is 12.3 Å². The van der Waals surface area contributed by atoms with Crippen LogP contribution in [-0.2, 0) is 24.1 Å². The van der Waals surface area contributed by atoms with Crippen LogP contribution in [0.1, 0.15) is 11.3 Å². The first-order valence-electron chi connectivity index (χ1n) is 6.39. The number of para-hydroxylation sites is 1. The number of amides is 1. The highest BCUT2D eigenvalue weighted by Gasteiger charge is 2.33. The molecule has 5 nitrogen and oxygen atoms in total. The summed E-state index contributed by atoms with van der Waals surface area (Å²) in [7, 11) is 1.52. The van der Waals surface area contributed by atoms with Crippen LogP contribution in [0.3, 0.4) is 0 Å². The third-order valence-electron chi connectivity index (χ3n) is 2.91. The first-order valence-corrected chi connectivity index (χ1v) is 6.39. The van der Waals surface area contributed by atoms with Gasteiger partial charge in [-0.05, 0) is 12.1 Å². The Morgan fingerprint density at radius 2 is 2.05 bits per heavy atom. The highest BCUT2D eigenvalue weighted by molar-refractivity contribution is 5.75. The van der Waals surface area contributed by atoms with Crippen molar-refractivity contribution in [3.05, 3.63) is 47.8 Å². The maximum absolute atomic E-state index is 12.4. The van der Waals surface area contributed by atoms with Gasteiger partial charge in [-0.2, -0.15) is 18.3 Å². The van der Waals surface area contributed by atoms with Gasteiger partial charge in [-0.1, -0.05) is 18.2 Å². The predicted octanol–water partition coefficient (Wildman–Crippen LogP) is 2.23. The molecule has 0 atom stereocenters. The van der Waals surface area contributed by atoms with Gasteiger partial charge in [0.25, 0.3) is 0 Å². The number of aromatic nitrogens is 2. The number of alkyl halides is 3. The number of methoxy groups -OCH3 is 1. The Morgan fingerprint density at radius 1 is 1.32 bits per heavy atom. The van der Waals surface area contributed by atoms with E-state index < -0.39 is 17.8 Å². The molecule has 1 amide bonds. The summed E-state index contributed by atoms with van der Waals surface area (Å²) in [6, 6.07) is 7.96. The van der Waals surface area contributed by atoms with E-state index in [1.54, 1.807) is 24.3 Å². The van der Waals surface area contributed by atoms with Crippen molar-refractivity contribution < 1.29 is 22.7 Å². The molecule has 0 saturated heterocycles. The molecule has 0 fully saturated rings. The van der Waals surface area contributed by atoms with Gasteiger partial charge in [0.05, 0.1) is 7.11 Å². The molecule has 0 radical (unpaired) electrons. The van der Waals surface area contributed by atoms with E-state index in [1.165, 1.54) is 7.11 Å². The van der Waals surface area contributed by atoms with Crippen molar-refractivity contribution in [3.8, 4) is 5.75 Å². The molecule has 1 heterocycles. The molecule has 1 aromatic carbocycles. The Morgan fingerprint density at radius 3 is 2.68 bits per heavy atom. The monoisotopic (exact) mass is 313 g/mol. The zero-order valence-corrected chi connectivity index (χ0v) is 11.7. The third kappa shape index (κ3) is 4.00. The number of hydrogen-bond donors (Lipinski definition) is 1. The fourth-order valence-corrected chi connectivity index (χ4v) is 1.85. The minimum atomic E-state index is -4.51. The maximum atomic E-state index is 12.4. The van der Waals surface area contributed by atoms with Crippen molar-refractivity contribution in [1.29, 1.82) is 0 Å². The van der Waals surface area contributed by atoms with Crippen molar-refractivity contribution in [1.82, 2.24) is 15.1 Å². The lowest BCUT2D eigenvalue weighted by Gasteiger charge is -2.09. The standard InChI is InChI=1S/C14H14F3N3O2/c1-22-11-5-3-2-4-10(11)8-18-13(21)9-20-7-6-12(19-20)14(15,16)17/h2-7H,8-9H2,1H3,(H,18,21). The summed E-state index contributed by atoms with van der Waals surface area (Å²) in [5.74, 6) is 0.184. The Balaban J connectivity index is 1.92. The lowest BCUT2D eigenvalue weighted by atomic mass is 10.2. The smallest absolute Gasteiger partial charge is 0.435 e. The zero-order valence-electron chi connectivity index (χ0n) is 11.7. The Hall–Kier alpha value is -2.51. The summed E-state index contributed by atoms with van der Waals surface area (Å²) >= 11 is 0. The first-order chi connectivity index (χ1) is 10.4. The Labute approximate surface area is 124 Å². The molecule has 1 N–H and O–H groups in total. The van der Waals surface area contributed by atoms with Crippen molar-refractivity contribution in [2.75, 3.05) is 7.11 Å². The Bertz CT molecular complexity index is 653. The molecule has 8 heteroatoms. The number of carbonyl (C=O) groups excluding carboxylic acids is 1. The van der Waals surface area contributed by atoms with E-state index in [0.717, 1.165) is 22.5 Å².